The number of rotatable bonds is 6. The minimum Gasteiger partial charge on any atom is -0.314 e. The van der Waals surface area contributed by atoms with Gasteiger partial charge in [0.05, 0.1) is 0 Å². The molecule has 0 heterocycles. The fourth-order valence-electron chi connectivity index (χ4n) is 3.73. The lowest BCUT2D eigenvalue weighted by molar-refractivity contribution is 0.584. The van der Waals surface area contributed by atoms with Crippen molar-refractivity contribution in [3.05, 3.63) is 132 Å². The molecule has 0 aromatic heterocycles. The first-order chi connectivity index (χ1) is 13.8. The first-order valence-electron chi connectivity index (χ1n) is 9.57. The third-order valence-corrected chi connectivity index (χ3v) is 8.33. The van der Waals surface area contributed by atoms with Crippen molar-refractivity contribution in [2.75, 3.05) is 6.16 Å². The molecule has 0 aliphatic carbocycles. The van der Waals surface area contributed by atoms with Gasteiger partial charge in [-0.05, 0) is 11.1 Å². The molecular formula is C26H23OP. The van der Waals surface area contributed by atoms with Gasteiger partial charge < -0.3 is 4.57 Å². The van der Waals surface area contributed by atoms with E-state index in [2.05, 4.69) is 48.5 Å². The average Bonchev–Trinajstić information content (AvgIpc) is 2.80. The van der Waals surface area contributed by atoms with E-state index in [-0.39, 0.29) is 5.92 Å². The maximum atomic E-state index is 14.6. The molecule has 1 nitrogen and oxygen atoms in total. The van der Waals surface area contributed by atoms with Crippen LogP contribution < -0.4 is 10.6 Å². The second kappa shape index (κ2) is 8.42. The fourth-order valence-corrected chi connectivity index (χ4v) is 6.69. The molecule has 0 bridgehead atoms. The van der Waals surface area contributed by atoms with Gasteiger partial charge >= 0.3 is 0 Å². The summed E-state index contributed by atoms with van der Waals surface area (Å²) < 4.78 is 14.6. The predicted octanol–water partition coefficient (Wildman–Crippen LogP) is 5.83. The summed E-state index contributed by atoms with van der Waals surface area (Å²) in [6, 6.07) is 40.7. The molecule has 28 heavy (non-hydrogen) atoms. The predicted molar refractivity (Wildman–Crippen MR) is 119 cm³/mol. The van der Waals surface area contributed by atoms with E-state index in [4.69, 9.17) is 0 Å². The van der Waals surface area contributed by atoms with Gasteiger partial charge in [0.2, 0.25) is 0 Å². The largest absolute Gasteiger partial charge is 0.314 e. The van der Waals surface area contributed by atoms with Crippen LogP contribution in [0.3, 0.4) is 0 Å². The average molecular weight is 382 g/mol. The van der Waals surface area contributed by atoms with E-state index in [1.54, 1.807) is 0 Å². The van der Waals surface area contributed by atoms with Crippen LogP contribution in [-0.2, 0) is 4.57 Å². The topological polar surface area (TPSA) is 17.1 Å². The molecule has 4 rings (SSSR count). The molecule has 0 aliphatic rings. The van der Waals surface area contributed by atoms with Gasteiger partial charge in [-0.3, -0.25) is 0 Å². The quantitative estimate of drug-likeness (QED) is 0.383. The Labute approximate surface area is 167 Å². The summed E-state index contributed by atoms with van der Waals surface area (Å²) in [4.78, 5) is 0. The molecule has 0 radical (unpaired) electrons. The molecule has 0 spiro atoms. The molecule has 4 aromatic rings. The lowest BCUT2D eigenvalue weighted by Gasteiger charge is -2.26. The third-order valence-electron chi connectivity index (χ3n) is 5.19. The molecular weight excluding hydrogens is 359 g/mol. The van der Waals surface area contributed by atoms with Gasteiger partial charge in [0.1, 0.15) is 7.14 Å². The summed E-state index contributed by atoms with van der Waals surface area (Å²) >= 11 is 0. The van der Waals surface area contributed by atoms with Crippen LogP contribution in [0, 0.1) is 0 Å². The molecule has 0 unspecified atom stereocenters. The van der Waals surface area contributed by atoms with Gasteiger partial charge in [-0.2, -0.15) is 0 Å². The van der Waals surface area contributed by atoms with Crippen molar-refractivity contribution >= 4 is 17.8 Å². The summed E-state index contributed by atoms with van der Waals surface area (Å²) in [5, 5.41) is 1.83. The monoisotopic (exact) mass is 382 g/mol. The fraction of sp³-hybridized carbons (Fsp3) is 0.0769. The van der Waals surface area contributed by atoms with Crippen molar-refractivity contribution in [2.24, 2.45) is 0 Å². The summed E-state index contributed by atoms with van der Waals surface area (Å²) in [5.74, 6) is 0.0636. The highest BCUT2D eigenvalue weighted by Gasteiger charge is 2.32. The van der Waals surface area contributed by atoms with Crippen LogP contribution in [0.25, 0.3) is 0 Å². The van der Waals surface area contributed by atoms with E-state index < -0.39 is 7.14 Å². The lowest BCUT2D eigenvalue weighted by Crippen LogP contribution is -2.22. The molecule has 0 fully saturated rings. The molecule has 138 valence electrons. The van der Waals surface area contributed by atoms with Crippen LogP contribution in [-0.4, -0.2) is 6.16 Å². The van der Waals surface area contributed by atoms with Crippen molar-refractivity contribution in [1.82, 2.24) is 0 Å². The van der Waals surface area contributed by atoms with Crippen LogP contribution in [0.4, 0.5) is 0 Å². The van der Waals surface area contributed by atoms with E-state index >= 15 is 0 Å². The SMILES string of the molecule is O=P(CC(c1ccccc1)c1ccccc1)(c1ccccc1)c1ccccc1. The van der Waals surface area contributed by atoms with E-state index in [0.29, 0.717) is 6.16 Å². The van der Waals surface area contributed by atoms with Crippen molar-refractivity contribution in [1.29, 1.82) is 0 Å². The van der Waals surface area contributed by atoms with Crippen molar-refractivity contribution in [3.63, 3.8) is 0 Å². The van der Waals surface area contributed by atoms with Crippen molar-refractivity contribution in [2.45, 2.75) is 5.92 Å². The zero-order chi connectivity index (χ0) is 19.2. The highest BCUT2D eigenvalue weighted by molar-refractivity contribution is 7.78. The standard InChI is InChI=1S/C26H23OP/c27-28(24-17-9-3-10-18-24,25-19-11-4-12-20-25)21-26(22-13-5-1-6-14-22)23-15-7-2-8-16-23/h1-20,26H,21H2. The molecule has 0 atom stereocenters. The van der Waals surface area contributed by atoms with Gasteiger partial charge in [-0.1, -0.05) is 121 Å². The zero-order valence-electron chi connectivity index (χ0n) is 15.7. The van der Waals surface area contributed by atoms with Gasteiger partial charge in [0.25, 0.3) is 0 Å². The summed E-state index contributed by atoms with van der Waals surface area (Å²) in [7, 11) is -2.81. The number of hydrogen-bond acceptors (Lipinski definition) is 1. The molecule has 0 saturated carbocycles. The number of hydrogen-bond donors (Lipinski definition) is 0. The summed E-state index contributed by atoms with van der Waals surface area (Å²) in [6.07, 6.45) is 0.565. The van der Waals surface area contributed by atoms with Crippen LogP contribution in [0.1, 0.15) is 17.0 Å². The van der Waals surface area contributed by atoms with Crippen LogP contribution in [0.15, 0.2) is 121 Å². The van der Waals surface area contributed by atoms with E-state index in [9.17, 15) is 4.57 Å². The molecule has 2 heteroatoms. The first kappa shape index (κ1) is 18.5. The maximum Gasteiger partial charge on any atom is 0.144 e. The second-order valence-electron chi connectivity index (χ2n) is 6.97. The van der Waals surface area contributed by atoms with Crippen LogP contribution >= 0.6 is 7.14 Å². The Morgan fingerprint density at radius 2 is 0.821 bits per heavy atom. The van der Waals surface area contributed by atoms with Gasteiger partial charge in [-0.15, -0.1) is 0 Å². The van der Waals surface area contributed by atoms with Crippen molar-refractivity contribution < 1.29 is 4.57 Å². The normalized spacial score (nSPS) is 11.5. The van der Waals surface area contributed by atoms with E-state index in [1.807, 2.05) is 72.8 Å². The maximum absolute atomic E-state index is 14.6. The van der Waals surface area contributed by atoms with Gasteiger partial charge in [0.15, 0.2) is 0 Å². The minimum absolute atomic E-state index is 0.0636. The zero-order valence-corrected chi connectivity index (χ0v) is 16.6. The highest BCUT2D eigenvalue weighted by atomic mass is 31.2. The lowest BCUT2D eigenvalue weighted by atomic mass is 9.93. The Balaban J connectivity index is 1.85. The Bertz CT molecular complexity index is 962. The van der Waals surface area contributed by atoms with E-state index in [0.717, 1.165) is 10.6 Å². The molecule has 0 aliphatic heterocycles. The Morgan fingerprint density at radius 3 is 1.18 bits per heavy atom. The Hall–Kier alpha value is -2.89. The summed E-state index contributed by atoms with van der Waals surface area (Å²) in [6.45, 7) is 0. The smallest absolute Gasteiger partial charge is 0.144 e. The third kappa shape index (κ3) is 3.86. The Morgan fingerprint density at radius 1 is 0.500 bits per heavy atom. The molecule has 0 N–H and O–H groups in total. The summed E-state index contributed by atoms with van der Waals surface area (Å²) in [5.41, 5.74) is 2.39. The second-order valence-corrected chi connectivity index (χ2v) is 9.84. The van der Waals surface area contributed by atoms with Gasteiger partial charge in [0, 0.05) is 22.7 Å². The van der Waals surface area contributed by atoms with E-state index in [1.165, 1.54) is 11.1 Å². The molecule has 0 saturated heterocycles. The first-order valence-corrected chi connectivity index (χ1v) is 11.5. The van der Waals surface area contributed by atoms with Crippen molar-refractivity contribution in [3.8, 4) is 0 Å². The number of benzene rings is 4. The highest BCUT2D eigenvalue weighted by Crippen LogP contribution is 2.48. The van der Waals surface area contributed by atoms with Gasteiger partial charge in [-0.25, -0.2) is 0 Å². The minimum atomic E-state index is -2.81. The molecule has 4 aromatic carbocycles. The molecule has 0 amide bonds. The van der Waals surface area contributed by atoms with Crippen LogP contribution in [0.5, 0.6) is 0 Å². The Kier molecular flexibility index (Phi) is 5.55. The van der Waals surface area contributed by atoms with Crippen LogP contribution in [0.2, 0.25) is 0 Å².